The SMILES string of the molecule is Nn1c(SCC(=O)NC2CCCCCC2)nnc1C(F)(F)F. The molecule has 0 saturated heterocycles. The Balaban J connectivity index is 1.85. The van der Waals surface area contributed by atoms with E-state index in [4.69, 9.17) is 5.84 Å². The van der Waals surface area contributed by atoms with Crippen molar-refractivity contribution in [1.29, 1.82) is 0 Å². The number of rotatable bonds is 4. The highest BCUT2D eigenvalue weighted by molar-refractivity contribution is 7.99. The van der Waals surface area contributed by atoms with Gasteiger partial charge in [-0.25, -0.2) is 4.68 Å². The molecule has 2 rings (SSSR count). The number of amides is 1. The van der Waals surface area contributed by atoms with Crippen molar-refractivity contribution in [3.05, 3.63) is 5.82 Å². The Bertz CT molecular complexity index is 511. The molecule has 22 heavy (non-hydrogen) atoms. The second-order valence-corrected chi connectivity index (χ2v) is 6.16. The molecule has 10 heteroatoms. The first-order chi connectivity index (χ1) is 10.4. The van der Waals surface area contributed by atoms with Crippen LogP contribution in [-0.2, 0) is 11.0 Å². The Morgan fingerprint density at radius 3 is 2.45 bits per heavy atom. The molecule has 0 atom stereocenters. The average Bonchev–Trinajstić information content (AvgIpc) is 2.64. The first-order valence-electron chi connectivity index (χ1n) is 7.08. The number of thioether (sulfide) groups is 1. The van der Waals surface area contributed by atoms with Gasteiger partial charge in [-0.1, -0.05) is 37.4 Å². The molecule has 1 amide bonds. The highest BCUT2D eigenvalue weighted by atomic mass is 32.2. The van der Waals surface area contributed by atoms with E-state index in [1.807, 2.05) is 0 Å². The van der Waals surface area contributed by atoms with Crippen LogP contribution in [0.1, 0.15) is 44.3 Å². The summed E-state index contributed by atoms with van der Waals surface area (Å²) in [5.41, 5.74) is 0. The summed E-state index contributed by atoms with van der Waals surface area (Å²) < 4.78 is 37.9. The number of nitrogens with zero attached hydrogens (tertiary/aromatic N) is 3. The zero-order chi connectivity index (χ0) is 16.2. The molecule has 1 fully saturated rings. The van der Waals surface area contributed by atoms with Gasteiger partial charge < -0.3 is 11.2 Å². The summed E-state index contributed by atoms with van der Waals surface area (Å²) in [5, 5.41) is 9.14. The number of nitrogens with one attached hydrogen (secondary N) is 1. The number of halogens is 3. The Labute approximate surface area is 130 Å². The monoisotopic (exact) mass is 337 g/mol. The van der Waals surface area contributed by atoms with E-state index >= 15 is 0 Å². The third-order valence-electron chi connectivity index (χ3n) is 3.47. The van der Waals surface area contributed by atoms with Crippen LogP contribution in [-0.4, -0.2) is 32.6 Å². The molecule has 1 heterocycles. The zero-order valence-electron chi connectivity index (χ0n) is 11.9. The minimum Gasteiger partial charge on any atom is -0.353 e. The number of aromatic nitrogens is 3. The van der Waals surface area contributed by atoms with E-state index < -0.39 is 12.0 Å². The minimum absolute atomic E-state index is 0.0380. The van der Waals surface area contributed by atoms with E-state index in [9.17, 15) is 18.0 Å². The van der Waals surface area contributed by atoms with Gasteiger partial charge in [0.05, 0.1) is 5.75 Å². The van der Waals surface area contributed by atoms with Crippen LogP contribution >= 0.6 is 11.8 Å². The van der Waals surface area contributed by atoms with Crippen molar-refractivity contribution in [1.82, 2.24) is 20.2 Å². The number of alkyl halides is 3. The van der Waals surface area contributed by atoms with Gasteiger partial charge in [-0.05, 0) is 12.8 Å². The topological polar surface area (TPSA) is 85.8 Å². The maximum atomic E-state index is 12.5. The van der Waals surface area contributed by atoms with E-state index in [1.165, 1.54) is 12.8 Å². The summed E-state index contributed by atoms with van der Waals surface area (Å²) in [6.07, 6.45) is 1.76. The van der Waals surface area contributed by atoms with Crippen molar-refractivity contribution in [2.75, 3.05) is 11.6 Å². The van der Waals surface area contributed by atoms with Crippen LogP contribution in [0.2, 0.25) is 0 Å². The van der Waals surface area contributed by atoms with Gasteiger partial charge in [0.2, 0.25) is 11.1 Å². The van der Waals surface area contributed by atoms with E-state index in [0.717, 1.165) is 37.4 Å². The standard InChI is InChI=1S/C12H18F3N5OS/c13-12(14,15)10-18-19-11(20(10)16)22-7-9(21)17-8-5-3-1-2-4-6-8/h8H,1-7,16H2,(H,17,21). The van der Waals surface area contributed by atoms with Crippen LogP contribution in [0.3, 0.4) is 0 Å². The Morgan fingerprint density at radius 2 is 1.91 bits per heavy atom. The molecule has 124 valence electrons. The summed E-state index contributed by atoms with van der Waals surface area (Å²) in [7, 11) is 0. The number of hydrogen-bond acceptors (Lipinski definition) is 5. The molecular formula is C12H18F3N5OS. The fraction of sp³-hybridized carbons (Fsp3) is 0.750. The number of hydrogen-bond donors (Lipinski definition) is 2. The fourth-order valence-electron chi connectivity index (χ4n) is 2.39. The molecule has 6 nitrogen and oxygen atoms in total. The second-order valence-electron chi connectivity index (χ2n) is 5.22. The molecule has 0 aromatic carbocycles. The molecule has 0 bridgehead atoms. The van der Waals surface area contributed by atoms with Crippen molar-refractivity contribution >= 4 is 17.7 Å². The molecule has 1 aliphatic rings. The van der Waals surface area contributed by atoms with Gasteiger partial charge in [-0.2, -0.15) is 13.2 Å². The predicted molar refractivity (Wildman–Crippen MR) is 75.5 cm³/mol. The molecule has 1 aromatic heterocycles. The smallest absolute Gasteiger partial charge is 0.353 e. The van der Waals surface area contributed by atoms with Crippen molar-refractivity contribution in [3.8, 4) is 0 Å². The largest absolute Gasteiger partial charge is 0.453 e. The lowest BCUT2D eigenvalue weighted by molar-refractivity contribution is -0.146. The number of nitrogen functional groups attached to an aromatic ring is 1. The quantitative estimate of drug-likeness (QED) is 0.498. The molecule has 0 unspecified atom stereocenters. The van der Waals surface area contributed by atoms with E-state index in [0.29, 0.717) is 4.68 Å². The highest BCUT2D eigenvalue weighted by Crippen LogP contribution is 2.28. The van der Waals surface area contributed by atoms with Gasteiger partial charge in [0.1, 0.15) is 0 Å². The summed E-state index contributed by atoms with van der Waals surface area (Å²) in [5.74, 6) is 3.75. The first kappa shape index (κ1) is 16.9. The average molecular weight is 337 g/mol. The fourth-order valence-corrected chi connectivity index (χ4v) is 3.06. The molecule has 0 spiro atoms. The highest BCUT2D eigenvalue weighted by Gasteiger charge is 2.38. The summed E-state index contributed by atoms with van der Waals surface area (Å²) in [6.45, 7) is 0. The van der Waals surface area contributed by atoms with Crippen LogP contribution in [0.4, 0.5) is 13.2 Å². The summed E-state index contributed by atoms with van der Waals surface area (Å²) in [4.78, 5) is 11.9. The first-order valence-corrected chi connectivity index (χ1v) is 8.06. The van der Waals surface area contributed by atoms with Crippen LogP contribution in [0.15, 0.2) is 5.16 Å². The molecule has 3 N–H and O–H groups in total. The lowest BCUT2D eigenvalue weighted by atomic mass is 10.1. The number of carbonyl (C=O) groups is 1. The van der Waals surface area contributed by atoms with E-state index in [1.54, 1.807) is 0 Å². The van der Waals surface area contributed by atoms with Gasteiger partial charge in [0.25, 0.3) is 5.82 Å². The molecule has 1 aromatic rings. The maximum Gasteiger partial charge on any atom is 0.453 e. The Hall–Kier alpha value is -1.45. The van der Waals surface area contributed by atoms with Crippen LogP contribution in [0.5, 0.6) is 0 Å². The lowest BCUT2D eigenvalue weighted by Crippen LogP contribution is -2.35. The predicted octanol–water partition coefficient (Wildman–Crippen LogP) is 1.94. The van der Waals surface area contributed by atoms with Crippen molar-refractivity contribution in [2.45, 2.75) is 55.9 Å². The Kier molecular flexibility index (Phi) is 5.54. The van der Waals surface area contributed by atoms with Gasteiger partial charge in [-0.3, -0.25) is 4.79 Å². The molecule has 1 saturated carbocycles. The molecule has 1 aliphatic carbocycles. The summed E-state index contributed by atoms with van der Waals surface area (Å²) >= 11 is 0.838. The Morgan fingerprint density at radius 1 is 1.27 bits per heavy atom. The van der Waals surface area contributed by atoms with E-state index in [-0.39, 0.29) is 22.9 Å². The van der Waals surface area contributed by atoms with Crippen LogP contribution in [0.25, 0.3) is 0 Å². The van der Waals surface area contributed by atoms with Gasteiger partial charge in [0, 0.05) is 6.04 Å². The zero-order valence-corrected chi connectivity index (χ0v) is 12.7. The number of nitrogens with two attached hydrogens (primary N) is 1. The summed E-state index contributed by atoms with van der Waals surface area (Å²) in [6, 6.07) is 0.150. The molecule has 0 radical (unpaired) electrons. The van der Waals surface area contributed by atoms with Crippen LogP contribution in [0, 0.1) is 0 Å². The number of carbonyl (C=O) groups excluding carboxylic acids is 1. The molecule has 0 aliphatic heterocycles. The lowest BCUT2D eigenvalue weighted by Gasteiger charge is -2.15. The third kappa shape index (κ3) is 4.52. The maximum absolute atomic E-state index is 12.5. The van der Waals surface area contributed by atoms with Gasteiger partial charge in [-0.15, -0.1) is 10.2 Å². The van der Waals surface area contributed by atoms with Crippen molar-refractivity contribution in [2.24, 2.45) is 0 Å². The third-order valence-corrected chi connectivity index (χ3v) is 4.41. The van der Waals surface area contributed by atoms with E-state index in [2.05, 4.69) is 15.5 Å². The van der Waals surface area contributed by atoms with Crippen molar-refractivity contribution < 1.29 is 18.0 Å². The van der Waals surface area contributed by atoms with Gasteiger partial charge >= 0.3 is 6.18 Å². The normalized spacial score (nSPS) is 17.2. The van der Waals surface area contributed by atoms with Gasteiger partial charge in [0.15, 0.2) is 0 Å². The second kappa shape index (κ2) is 7.21. The van der Waals surface area contributed by atoms with Crippen molar-refractivity contribution in [3.63, 3.8) is 0 Å². The van der Waals surface area contributed by atoms with Crippen LogP contribution < -0.4 is 11.2 Å². The minimum atomic E-state index is -4.66. The molecular weight excluding hydrogens is 319 g/mol.